The third-order valence-corrected chi connectivity index (χ3v) is 7.58. The second-order valence-electron chi connectivity index (χ2n) is 10.5. The lowest BCUT2D eigenvalue weighted by Crippen LogP contribution is -2.45. The highest BCUT2D eigenvalue weighted by Crippen LogP contribution is 2.31. The van der Waals surface area contributed by atoms with Crippen LogP contribution in [-0.4, -0.2) is 66.6 Å². The van der Waals surface area contributed by atoms with Gasteiger partial charge in [0.15, 0.2) is 17.5 Å². The highest BCUT2D eigenvalue weighted by molar-refractivity contribution is 5.78. The number of nitrogens with zero attached hydrogens (tertiary/aromatic N) is 1. The van der Waals surface area contributed by atoms with Gasteiger partial charge >= 0.3 is 5.97 Å². The van der Waals surface area contributed by atoms with Gasteiger partial charge in [0.2, 0.25) is 0 Å². The number of phenolic OH excluding ortho intramolecular Hbond substituents is 1. The van der Waals surface area contributed by atoms with Gasteiger partial charge in [0.05, 0.1) is 6.10 Å². The smallest absolute Gasteiger partial charge is 0.302 e. The molecular weight excluding hydrogens is 472 g/mol. The van der Waals surface area contributed by atoms with Crippen LogP contribution >= 0.6 is 0 Å². The molecule has 208 valence electrons. The number of piperidine rings is 1. The molecule has 1 saturated heterocycles. The van der Waals surface area contributed by atoms with E-state index in [9.17, 15) is 15.0 Å². The molecule has 1 aliphatic carbocycles. The Morgan fingerprint density at radius 3 is 2.70 bits per heavy atom. The van der Waals surface area contributed by atoms with Crippen molar-refractivity contribution in [2.75, 3.05) is 20.1 Å². The fourth-order valence-electron chi connectivity index (χ4n) is 5.51. The topological polar surface area (TPSA) is 138 Å². The predicted octanol–water partition coefficient (Wildman–Crippen LogP) is 3.01. The predicted molar refractivity (Wildman–Crippen MR) is 145 cm³/mol. The summed E-state index contributed by atoms with van der Waals surface area (Å²) < 4.78 is 11.6. The summed E-state index contributed by atoms with van der Waals surface area (Å²) in [4.78, 5) is 15.8. The van der Waals surface area contributed by atoms with E-state index in [1.807, 2.05) is 12.1 Å². The first-order valence-electron chi connectivity index (χ1n) is 13.9. The Morgan fingerprint density at radius 2 is 1.97 bits per heavy atom. The number of phenols is 1. The van der Waals surface area contributed by atoms with Crippen LogP contribution in [0.3, 0.4) is 0 Å². The summed E-state index contributed by atoms with van der Waals surface area (Å²) in [5.74, 6) is 1.19. The lowest BCUT2D eigenvalue weighted by atomic mass is 9.81. The molecule has 0 spiro atoms. The van der Waals surface area contributed by atoms with Crippen molar-refractivity contribution in [3.05, 3.63) is 23.8 Å². The highest BCUT2D eigenvalue weighted by atomic mass is 16.5. The number of aryl methyl sites for hydroxylation is 1. The van der Waals surface area contributed by atoms with Gasteiger partial charge in [0.1, 0.15) is 12.2 Å². The molecule has 0 aromatic heterocycles. The summed E-state index contributed by atoms with van der Waals surface area (Å²) in [6.45, 7) is 3.23. The third kappa shape index (κ3) is 10.0. The van der Waals surface area contributed by atoms with Gasteiger partial charge in [-0.1, -0.05) is 18.9 Å². The van der Waals surface area contributed by atoms with Crippen LogP contribution in [0.2, 0.25) is 0 Å². The number of benzene rings is 1. The van der Waals surface area contributed by atoms with Gasteiger partial charge < -0.3 is 36.1 Å². The SMILES string of the molecule is CN=C(N)N[C@H]1CCCC[C@H]1CC[C@H](O)C[C@@H](CCc1ccc(O)c(OC2CCNCC2)c1)OC(C)=O. The number of ether oxygens (including phenoxy) is 2. The number of aliphatic hydroxyl groups excluding tert-OH is 1. The van der Waals surface area contributed by atoms with Crippen molar-refractivity contribution in [2.24, 2.45) is 16.6 Å². The van der Waals surface area contributed by atoms with E-state index in [1.165, 1.54) is 19.8 Å². The third-order valence-electron chi connectivity index (χ3n) is 7.58. The lowest BCUT2D eigenvalue weighted by Gasteiger charge is -2.33. The van der Waals surface area contributed by atoms with Gasteiger partial charge in [-0.2, -0.15) is 0 Å². The summed E-state index contributed by atoms with van der Waals surface area (Å²) >= 11 is 0. The fraction of sp³-hybridized carbons (Fsp3) is 0.714. The van der Waals surface area contributed by atoms with E-state index >= 15 is 0 Å². The summed E-state index contributed by atoms with van der Waals surface area (Å²) in [6.07, 6.45) is 8.69. The zero-order chi connectivity index (χ0) is 26.6. The molecule has 9 nitrogen and oxygen atoms in total. The van der Waals surface area contributed by atoms with Crippen molar-refractivity contribution < 1.29 is 24.5 Å². The van der Waals surface area contributed by atoms with Crippen LogP contribution in [0.1, 0.15) is 76.7 Å². The van der Waals surface area contributed by atoms with Gasteiger partial charge in [0.25, 0.3) is 0 Å². The minimum Gasteiger partial charge on any atom is -0.504 e. The lowest BCUT2D eigenvalue weighted by molar-refractivity contribution is -0.148. The van der Waals surface area contributed by atoms with Gasteiger partial charge in [-0.15, -0.1) is 0 Å². The standard InChI is InChI=1S/C28H46N4O5/c1-19(33)36-24(18-22(34)10-9-21-5-3-4-6-25(21)32-28(29)30-2)11-7-20-8-12-26(35)27(17-20)37-23-13-15-31-16-14-23/h8,12,17,21-25,31,34-35H,3-7,9-11,13-16,18H2,1-2H3,(H3,29,30,32)/t21-,22-,24+,25-/m0/s1. The number of esters is 1. The number of nitrogens with one attached hydrogen (secondary N) is 2. The molecule has 2 aliphatic rings. The van der Waals surface area contributed by atoms with Crippen molar-refractivity contribution >= 4 is 11.9 Å². The Hall–Kier alpha value is -2.52. The monoisotopic (exact) mass is 518 g/mol. The molecule has 0 radical (unpaired) electrons. The Morgan fingerprint density at radius 1 is 1.22 bits per heavy atom. The number of aliphatic imine (C=N–C) groups is 1. The Bertz CT molecular complexity index is 874. The van der Waals surface area contributed by atoms with Crippen molar-refractivity contribution in [3.63, 3.8) is 0 Å². The van der Waals surface area contributed by atoms with Crippen LogP contribution in [0, 0.1) is 5.92 Å². The number of hydrogen-bond acceptors (Lipinski definition) is 7. The molecule has 1 aliphatic heterocycles. The summed E-state index contributed by atoms with van der Waals surface area (Å²) in [7, 11) is 1.68. The highest BCUT2D eigenvalue weighted by Gasteiger charge is 2.27. The van der Waals surface area contributed by atoms with E-state index in [4.69, 9.17) is 15.2 Å². The van der Waals surface area contributed by atoms with Gasteiger partial charge in [-0.25, -0.2) is 0 Å². The van der Waals surface area contributed by atoms with Crippen molar-refractivity contribution in [2.45, 2.75) is 102 Å². The summed E-state index contributed by atoms with van der Waals surface area (Å²) in [6, 6.07) is 5.68. The van der Waals surface area contributed by atoms with E-state index in [2.05, 4.69) is 15.6 Å². The van der Waals surface area contributed by atoms with Gasteiger partial charge in [-0.3, -0.25) is 9.79 Å². The molecule has 0 unspecified atom stereocenters. The molecule has 2 fully saturated rings. The van der Waals surface area contributed by atoms with E-state index in [0.29, 0.717) is 43.3 Å². The molecule has 4 atom stereocenters. The van der Waals surface area contributed by atoms with Crippen LogP contribution in [0.15, 0.2) is 23.2 Å². The Balaban J connectivity index is 1.51. The van der Waals surface area contributed by atoms with Gasteiger partial charge in [0, 0.05) is 26.4 Å². The quantitative estimate of drug-likeness (QED) is 0.162. The van der Waals surface area contributed by atoms with E-state index in [0.717, 1.165) is 50.8 Å². The minimum absolute atomic E-state index is 0.0935. The maximum Gasteiger partial charge on any atom is 0.302 e. The van der Waals surface area contributed by atoms with E-state index < -0.39 is 6.10 Å². The Kier molecular flexibility index (Phi) is 11.8. The fourth-order valence-corrected chi connectivity index (χ4v) is 5.51. The number of rotatable bonds is 12. The minimum atomic E-state index is -0.553. The summed E-state index contributed by atoms with van der Waals surface area (Å²) in [5, 5.41) is 27.7. The average Bonchev–Trinajstić information content (AvgIpc) is 2.88. The number of carbonyl (C=O) groups is 1. The summed E-state index contributed by atoms with van der Waals surface area (Å²) in [5.41, 5.74) is 6.90. The molecule has 6 N–H and O–H groups in total. The molecule has 0 amide bonds. The molecule has 3 rings (SSSR count). The molecule has 1 aromatic carbocycles. The van der Waals surface area contributed by atoms with Crippen LogP contribution < -0.4 is 21.1 Å². The maximum atomic E-state index is 11.8. The van der Waals surface area contributed by atoms with Crippen molar-refractivity contribution in [1.29, 1.82) is 0 Å². The zero-order valence-corrected chi connectivity index (χ0v) is 22.5. The van der Waals surface area contributed by atoms with Crippen molar-refractivity contribution in [1.82, 2.24) is 10.6 Å². The number of guanidine groups is 1. The van der Waals surface area contributed by atoms with Crippen LogP contribution in [-0.2, 0) is 16.0 Å². The normalized spacial score (nSPS) is 22.7. The average molecular weight is 519 g/mol. The zero-order valence-electron chi connectivity index (χ0n) is 22.5. The first-order chi connectivity index (χ1) is 17.8. The second kappa shape index (κ2) is 15.0. The number of aromatic hydroxyl groups is 1. The van der Waals surface area contributed by atoms with Crippen LogP contribution in [0.25, 0.3) is 0 Å². The second-order valence-corrected chi connectivity index (χ2v) is 10.5. The van der Waals surface area contributed by atoms with E-state index in [-0.39, 0.29) is 30.0 Å². The van der Waals surface area contributed by atoms with E-state index in [1.54, 1.807) is 13.1 Å². The Labute approximate surface area is 221 Å². The van der Waals surface area contributed by atoms with Crippen LogP contribution in [0.5, 0.6) is 11.5 Å². The molecule has 1 aromatic rings. The maximum absolute atomic E-state index is 11.8. The largest absolute Gasteiger partial charge is 0.504 e. The van der Waals surface area contributed by atoms with Crippen LogP contribution in [0.4, 0.5) is 0 Å². The molecule has 1 saturated carbocycles. The first-order valence-corrected chi connectivity index (χ1v) is 13.9. The molecular formula is C28H46N4O5. The molecule has 0 bridgehead atoms. The molecule has 1 heterocycles. The molecule has 37 heavy (non-hydrogen) atoms. The number of nitrogens with two attached hydrogens (primary N) is 1. The number of carbonyl (C=O) groups excluding carboxylic acids is 1. The van der Waals surface area contributed by atoms with Crippen molar-refractivity contribution in [3.8, 4) is 11.5 Å². The first kappa shape index (κ1) is 29.0. The number of aliphatic hydroxyl groups is 1. The van der Waals surface area contributed by atoms with Gasteiger partial charge in [-0.05, 0) is 88.1 Å². The number of hydrogen-bond donors (Lipinski definition) is 5. The molecule has 9 heteroatoms.